The fourth-order valence-corrected chi connectivity index (χ4v) is 1.88. The Kier molecular flexibility index (Phi) is 2.35. The third kappa shape index (κ3) is 1.56. The number of ether oxygens (including phenoxy) is 3. The van der Waals surface area contributed by atoms with Gasteiger partial charge >= 0.3 is 6.09 Å². The zero-order valence-electron chi connectivity index (χ0n) is 9.20. The molecule has 0 aromatic heterocycles. The van der Waals surface area contributed by atoms with E-state index in [2.05, 4.69) is 10.0 Å². The van der Waals surface area contributed by atoms with Gasteiger partial charge in [0.25, 0.3) is 0 Å². The monoisotopic (exact) mass is 248 g/mol. The third-order valence-electron chi connectivity index (χ3n) is 2.67. The van der Waals surface area contributed by atoms with Gasteiger partial charge in [0.1, 0.15) is 6.61 Å². The van der Waals surface area contributed by atoms with Gasteiger partial charge in [-0.3, -0.25) is 4.90 Å². The van der Waals surface area contributed by atoms with Crippen LogP contribution >= 0.6 is 0 Å². The molecule has 0 aliphatic carbocycles. The predicted octanol–water partition coefficient (Wildman–Crippen LogP) is 2.31. The van der Waals surface area contributed by atoms with Crippen LogP contribution in [0.25, 0.3) is 10.4 Å². The first kappa shape index (κ1) is 10.5. The Morgan fingerprint density at radius 2 is 2.06 bits per heavy atom. The van der Waals surface area contributed by atoms with E-state index in [1.807, 2.05) is 0 Å². The fourth-order valence-electron chi connectivity index (χ4n) is 1.88. The van der Waals surface area contributed by atoms with Crippen molar-refractivity contribution in [3.8, 4) is 11.5 Å². The van der Waals surface area contributed by atoms with Crippen LogP contribution in [-0.4, -0.2) is 26.0 Å². The number of azide groups is 1. The van der Waals surface area contributed by atoms with E-state index in [0.29, 0.717) is 36.0 Å². The molecular formula is C10H8N4O4. The summed E-state index contributed by atoms with van der Waals surface area (Å²) in [5.74, 6) is 1.01. The molecule has 8 heteroatoms. The molecule has 0 saturated carbocycles. The zero-order chi connectivity index (χ0) is 12.5. The van der Waals surface area contributed by atoms with E-state index in [4.69, 9.17) is 19.7 Å². The molecule has 2 aliphatic heterocycles. The SMILES string of the molecule is [N-]=[N+]=Nc1cc2c(cc1N1CCOC1=O)OCO2. The Morgan fingerprint density at radius 3 is 2.72 bits per heavy atom. The highest BCUT2D eigenvalue weighted by Gasteiger charge is 2.28. The van der Waals surface area contributed by atoms with Crippen LogP contribution in [0.2, 0.25) is 0 Å². The molecule has 0 unspecified atom stereocenters. The van der Waals surface area contributed by atoms with Crippen LogP contribution < -0.4 is 14.4 Å². The summed E-state index contributed by atoms with van der Waals surface area (Å²) in [7, 11) is 0. The van der Waals surface area contributed by atoms with Gasteiger partial charge in [0.05, 0.1) is 17.9 Å². The second kappa shape index (κ2) is 4.01. The summed E-state index contributed by atoms with van der Waals surface area (Å²) in [5.41, 5.74) is 9.32. The number of nitrogens with zero attached hydrogens (tertiary/aromatic N) is 4. The molecule has 0 atom stereocenters. The van der Waals surface area contributed by atoms with Crippen molar-refractivity contribution in [2.75, 3.05) is 24.8 Å². The minimum absolute atomic E-state index is 0.110. The van der Waals surface area contributed by atoms with Gasteiger partial charge < -0.3 is 14.2 Å². The molecule has 92 valence electrons. The molecular weight excluding hydrogens is 240 g/mol. The highest BCUT2D eigenvalue weighted by Crippen LogP contribution is 2.43. The molecule has 0 spiro atoms. The van der Waals surface area contributed by atoms with Crippen molar-refractivity contribution in [2.45, 2.75) is 0 Å². The number of carbonyl (C=O) groups excluding carboxylic acids is 1. The summed E-state index contributed by atoms with van der Waals surface area (Å²) >= 11 is 0. The standard InChI is InChI=1S/C10H8N4O4/c11-13-12-6-3-8-9(18-5-17-8)4-7(6)14-1-2-16-10(14)15/h3-4H,1-2,5H2. The Labute approximate surface area is 101 Å². The number of carbonyl (C=O) groups is 1. The van der Waals surface area contributed by atoms with E-state index >= 15 is 0 Å². The van der Waals surface area contributed by atoms with Crippen LogP contribution in [0.15, 0.2) is 17.2 Å². The lowest BCUT2D eigenvalue weighted by atomic mass is 10.2. The molecule has 3 rings (SSSR count). The molecule has 8 nitrogen and oxygen atoms in total. The number of fused-ring (bicyclic) bond motifs is 1. The number of hydrogen-bond donors (Lipinski definition) is 0. The van der Waals surface area contributed by atoms with Crippen LogP contribution in [0.4, 0.5) is 16.2 Å². The molecule has 1 aromatic carbocycles. The second-order valence-electron chi connectivity index (χ2n) is 3.65. The third-order valence-corrected chi connectivity index (χ3v) is 2.67. The first-order valence-electron chi connectivity index (χ1n) is 5.22. The summed E-state index contributed by atoms with van der Waals surface area (Å²) in [5, 5.41) is 3.56. The van der Waals surface area contributed by atoms with E-state index in [1.54, 1.807) is 12.1 Å². The molecule has 2 heterocycles. The summed E-state index contributed by atoms with van der Waals surface area (Å²) in [6, 6.07) is 3.15. The van der Waals surface area contributed by atoms with Crippen molar-refractivity contribution in [1.82, 2.24) is 0 Å². The normalized spacial score (nSPS) is 16.4. The molecule has 1 aromatic rings. The Hall–Kier alpha value is -2.60. The number of cyclic esters (lactones) is 1. The number of rotatable bonds is 2. The number of amides is 1. The molecule has 0 bridgehead atoms. The Bertz CT molecular complexity index is 567. The largest absolute Gasteiger partial charge is 0.454 e. The Morgan fingerprint density at radius 1 is 1.28 bits per heavy atom. The lowest BCUT2D eigenvalue weighted by Crippen LogP contribution is -2.23. The van der Waals surface area contributed by atoms with E-state index in [0.717, 1.165) is 0 Å². The number of hydrogen-bond acceptors (Lipinski definition) is 5. The zero-order valence-corrected chi connectivity index (χ0v) is 9.20. The topological polar surface area (TPSA) is 96.8 Å². The van der Waals surface area contributed by atoms with E-state index in [9.17, 15) is 4.79 Å². The van der Waals surface area contributed by atoms with Gasteiger partial charge in [0, 0.05) is 11.0 Å². The smallest absolute Gasteiger partial charge is 0.414 e. The molecule has 1 amide bonds. The summed E-state index contributed by atoms with van der Waals surface area (Å²) < 4.78 is 15.3. The lowest BCUT2D eigenvalue weighted by molar-refractivity contribution is 0.174. The van der Waals surface area contributed by atoms with Gasteiger partial charge in [-0.15, -0.1) is 0 Å². The predicted molar refractivity (Wildman–Crippen MR) is 60.1 cm³/mol. The maximum atomic E-state index is 11.5. The van der Waals surface area contributed by atoms with Gasteiger partial charge in [0.2, 0.25) is 6.79 Å². The van der Waals surface area contributed by atoms with Gasteiger partial charge in [-0.2, -0.15) is 0 Å². The molecule has 0 N–H and O–H groups in total. The molecule has 2 aliphatic rings. The first-order valence-corrected chi connectivity index (χ1v) is 5.22. The van der Waals surface area contributed by atoms with Crippen LogP contribution in [0.1, 0.15) is 0 Å². The van der Waals surface area contributed by atoms with Crippen LogP contribution in [0.5, 0.6) is 11.5 Å². The molecule has 0 radical (unpaired) electrons. The van der Waals surface area contributed by atoms with E-state index < -0.39 is 6.09 Å². The van der Waals surface area contributed by atoms with Gasteiger partial charge in [0.15, 0.2) is 11.5 Å². The second-order valence-corrected chi connectivity index (χ2v) is 3.65. The summed E-state index contributed by atoms with van der Waals surface area (Å²) in [6.45, 7) is 0.828. The van der Waals surface area contributed by atoms with Crippen molar-refractivity contribution in [3.63, 3.8) is 0 Å². The fraction of sp³-hybridized carbons (Fsp3) is 0.300. The van der Waals surface area contributed by atoms with Crippen molar-refractivity contribution in [2.24, 2.45) is 5.11 Å². The van der Waals surface area contributed by atoms with E-state index in [1.165, 1.54) is 4.90 Å². The average molecular weight is 248 g/mol. The molecule has 1 saturated heterocycles. The minimum Gasteiger partial charge on any atom is -0.454 e. The highest BCUT2D eigenvalue weighted by atomic mass is 16.7. The number of benzene rings is 1. The summed E-state index contributed by atoms with van der Waals surface area (Å²) in [6.07, 6.45) is -0.469. The maximum Gasteiger partial charge on any atom is 0.414 e. The minimum atomic E-state index is -0.469. The molecule has 1 fully saturated rings. The average Bonchev–Trinajstić information content (AvgIpc) is 2.96. The maximum absolute atomic E-state index is 11.5. The van der Waals surface area contributed by atoms with Crippen LogP contribution in [0, 0.1) is 0 Å². The van der Waals surface area contributed by atoms with Crippen LogP contribution in [0.3, 0.4) is 0 Å². The van der Waals surface area contributed by atoms with Gasteiger partial charge in [-0.05, 0) is 11.6 Å². The lowest BCUT2D eigenvalue weighted by Gasteiger charge is -2.15. The van der Waals surface area contributed by atoms with Gasteiger partial charge in [-0.25, -0.2) is 4.79 Å². The highest BCUT2D eigenvalue weighted by molar-refractivity contribution is 5.93. The first-order chi connectivity index (χ1) is 8.79. The van der Waals surface area contributed by atoms with Crippen LogP contribution in [-0.2, 0) is 4.74 Å². The van der Waals surface area contributed by atoms with Gasteiger partial charge in [-0.1, -0.05) is 5.11 Å². The van der Waals surface area contributed by atoms with Crippen molar-refractivity contribution >= 4 is 17.5 Å². The van der Waals surface area contributed by atoms with Crippen molar-refractivity contribution < 1.29 is 19.0 Å². The number of anilines is 1. The Balaban J connectivity index is 2.11. The molecule has 18 heavy (non-hydrogen) atoms. The quantitative estimate of drug-likeness (QED) is 0.455. The van der Waals surface area contributed by atoms with Crippen molar-refractivity contribution in [3.05, 3.63) is 22.6 Å². The van der Waals surface area contributed by atoms with E-state index in [-0.39, 0.29) is 6.79 Å². The van der Waals surface area contributed by atoms with Crippen molar-refractivity contribution in [1.29, 1.82) is 0 Å². The summed E-state index contributed by atoms with van der Waals surface area (Å²) in [4.78, 5) is 15.7.